The van der Waals surface area contributed by atoms with Crippen LogP contribution in [0.5, 0.6) is 0 Å². The van der Waals surface area contributed by atoms with Crippen molar-refractivity contribution < 1.29 is 17.7 Å². The predicted molar refractivity (Wildman–Crippen MR) is 74.5 cm³/mol. The summed E-state index contributed by atoms with van der Waals surface area (Å²) in [7, 11) is 0. The molecule has 0 fully saturated rings. The minimum absolute atomic E-state index is 0.284. The fraction of sp³-hybridized carbons (Fsp3) is 0.125. The smallest absolute Gasteiger partial charge is 0.149 e. The molecule has 0 bridgehead atoms. The molecule has 22 heavy (non-hydrogen) atoms. The van der Waals surface area contributed by atoms with Crippen molar-refractivity contribution in [2.75, 3.05) is 0 Å². The lowest BCUT2D eigenvalue weighted by molar-refractivity contribution is 0.393. The van der Waals surface area contributed by atoms with Gasteiger partial charge in [0.1, 0.15) is 28.9 Å². The van der Waals surface area contributed by atoms with Gasteiger partial charge in [-0.05, 0) is 43.7 Å². The lowest BCUT2D eigenvalue weighted by Crippen LogP contribution is -1.97. The molecule has 112 valence electrons. The van der Waals surface area contributed by atoms with Crippen molar-refractivity contribution in [1.82, 2.24) is 10.1 Å². The summed E-state index contributed by atoms with van der Waals surface area (Å²) in [6, 6.07) is 4.70. The first-order valence-electron chi connectivity index (χ1n) is 6.52. The van der Waals surface area contributed by atoms with Crippen LogP contribution in [0.1, 0.15) is 11.5 Å². The Morgan fingerprint density at radius 1 is 0.955 bits per heavy atom. The number of pyridine rings is 1. The summed E-state index contributed by atoms with van der Waals surface area (Å²) >= 11 is 0. The summed E-state index contributed by atoms with van der Waals surface area (Å²) in [5.74, 6) is -2.13. The Kier molecular flexibility index (Phi) is 3.44. The van der Waals surface area contributed by atoms with Crippen molar-refractivity contribution >= 4 is 0 Å². The molecule has 0 saturated heterocycles. The monoisotopic (exact) mass is 304 g/mol. The maximum absolute atomic E-state index is 14.3. The van der Waals surface area contributed by atoms with Crippen LogP contribution in [0.15, 0.2) is 35.0 Å². The number of nitrogens with zero attached hydrogens (tertiary/aromatic N) is 2. The normalized spacial score (nSPS) is 11.0. The number of rotatable bonds is 2. The third-order valence-corrected chi connectivity index (χ3v) is 3.36. The molecule has 1 aromatic carbocycles. The number of hydrogen-bond donors (Lipinski definition) is 0. The van der Waals surface area contributed by atoms with E-state index >= 15 is 0 Å². The van der Waals surface area contributed by atoms with E-state index < -0.39 is 23.0 Å². The summed E-state index contributed by atoms with van der Waals surface area (Å²) < 4.78 is 47.4. The van der Waals surface area contributed by atoms with Gasteiger partial charge in [-0.25, -0.2) is 13.2 Å². The number of hydrogen-bond acceptors (Lipinski definition) is 3. The van der Waals surface area contributed by atoms with Crippen LogP contribution in [0.3, 0.4) is 0 Å². The molecule has 0 aliphatic carbocycles. The van der Waals surface area contributed by atoms with Gasteiger partial charge in [0.2, 0.25) is 0 Å². The fourth-order valence-corrected chi connectivity index (χ4v) is 2.41. The Morgan fingerprint density at radius 2 is 1.64 bits per heavy atom. The van der Waals surface area contributed by atoms with Crippen LogP contribution in [0.25, 0.3) is 22.4 Å². The van der Waals surface area contributed by atoms with Crippen LogP contribution in [-0.4, -0.2) is 10.1 Å². The van der Waals surface area contributed by atoms with Crippen molar-refractivity contribution in [3.63, 3.8) is 0 Å². The van der Waals surface area contributed by atoms with Gasteiger partial charge in [-0.1, -0.05) is 5.16 Å². The van der Waals surface area contributed by atoms with E-state index in [1.807, 2.05) is 0 Å². The van der Waals surface area contributed by atoms with Crippen LogP contribution in [0.4, 0.5) is 13.2 Å². The maximum atomic E-state index is 14.3. The van der Waals surface area contributed by atoms with Crippen LogP contribution in [0, 0.1) is 31.3 Å². The van der Waals surface area contributed by atoms with Gasteiger partial charge in [0.15, 0.2) is 0 Å². The van der Waals surface area contributed by atoms with E-state index in [9.17, 15) is 13.2 Å². The van der Waals surface area contributed by atoms with E-state index in [2.05, 4.69) is 10.1 Å². The second-order valence-electron chi connectivity index (χ2n) is 4.85. The van der Waals surface area contributed by atoms with Crippen molar-refractivity contribution in [2.45, 2.75) is 13.8 Å². The van der Waals surface area contributed by atoms with Crippen molar-refractivity contribution in [3.8, 4) is 22.4 Å². The molecule has 0 unspecified atom stereocenters. The van der Waals surface area contributed by atoms with Gasteiger partial charge >= 0.3 is 0 Å². The summed E-state index contributed by atoms with van der Waals surface area (Å²) in [5, 5.41) is 3.75. The number of benzene rings is 1. The van der Waals surface area contributed by atoms with Gasteiger partial charge in [-0.3, -0.25) is 4.98 Å². The molecule has 0 aliphatic rings. The molecule has 3 aromatic rings. The van der Waals surface area contributed by atoms with E-state index in [-0.39, 0.29) is 11.3 Å². The van der Waals surface area contributed by atoms with Crippen LogP contribution in [0.2, 0.25) is 0 Å². The Balaban J connectivity index is 2.20. The summed E-state index contributed by atoms with van der Waals surface area (Å²) in [6.07, 6.45) is 1.28. The highest BCUT2D eigenvalue weighted by Crippen LogP contribution is 2.33. The molecule has 0 radical (unpaired) electrons. The zero-order valence-electron chi connectivity index (χ0n) is 11.8. The molecule has 0 spiro atoms. The first-order valence-corrected chi connectivity index (χ1v) is 6.52. The Hall–Kier alpha value is -2.63. The van der Waals surface area contributed by atoms with Crippen LogP contribution in [-0.2, 0) is 0 Å². The molecule has 0 atom stereocenters. The summed E-state index contributed by atoms with van der Waals surface area (Å²) in [6.45, 7) is 3.32. The first kappa shape index (κ1) is 14.3. The fourth-order valence-electron chi connectivity index (χ4n) is 2.41. The zero-order valence-corrected chi connectivity index (χ0v) is 11.8. The highest BCUT2D eigenvalue weighted by atomic mass is 19.1. The largest absolute Gasteiger partial charge is 0.361 e. The molecule has 0 aliphatic heterocycles. The van der Waals surface area contributed by atoms with Gasteiger partial charge < -0.3 is 4.52 Å². The van der Waals surface area contributed by atoms with E-state index in [0.717, 1.165) is 18.2 Å². The quantitative estimate of drug-likeness (QED) is 0.702. The van der Waals surface area contributed by atoms with Crippen LogP contribution >= 0.6 is 0 Å². The van der Waals surface area contributed by atoms with Gasteiger partial charge in [-0.15, -0.1) is 0 Å². The topological polar surface area (TPSA) is 38.9 Å². The minimum atomic E-state index is -0.896. The Bertz CT molecular complexity index is 816. The van der Waals surface area contributed by atoms with Gasteiger partial charge in [0.05, 0.1) is 11.3 Å². The molecule has 3 rings (SSSR count). The second-order valence-corrected chi connectivity index (χ2v) is 4.85. The molecule has 3 nitrogen and oxygen atoms in total. The Labute approximate surface area is 124 Å². The highest BCUT2D eigenvalue weighted by molar-refractivity contribution is 5.72. The number of aryl methyl sites for hydroxylation is 2. The van der Waals surface area contributed by atoms with Gasteiger partial charge in [0, 0.05) is 11.8 Å². The third-order valence-electron chi connectivity index (χ3n) is 3.36. The lowest BCUT2D eigenvalue weighted by Gasteiger charge is -2.08. The summed E-state index contributed by atoms with van der Waals surface area (Å²) in [4.78, 5) is 3.71. The molecule has 6 heteroatoms. The standard InChI is InChI=1S/C16H11F3N2O/c1-8-14(9(2)22-21-8)10-6-12(18)15(13(19)7-10)16-11(17)4-3-5-20-16/h3-7H,1-2H3. The van der Waals surface area contributed by atoms with Gasteiger partial charge in [0.25, 0.3) is 0 Å². The van der Waals surface area contributed by atoms with E-state index in [0.29, 0.717) is 17.0 Å². The molecular formula is C16H11F3N2O. The highest BCUT2D eigenvalue weighted by Gasteiger charge is 2.20. The van der Waals surface area contributed by atoms with Crippen LogP contribution < -0.4 is 0 Å². The van der Waals surface area contributed by atoms with Crippen molar-refractivity contribution in [2.24, 2.45) is 0 Å². The molecule has 2 aromatic heterocycles. The second kappa shape index (κ2) is 5.29. The minimum Gasteiger partial charge on any atom is -0.361 e. The SMILES string of the molecule is Cc1noc(C)c1-c1cc(F)c(-c2ncccc2F)c(F)c1. The molecule has 0 N–H and O–H groups in total. The predicted octanol–water partition coefficient (Wildman–Crippen LogP) is 4.44. The number of aromatic nitrogens is 2. The lowest BCUT2D eigenvalue weighted by atomic mass is 10.00. The van der Waals surface area contributed by atoms with E-state index in [4.69, 9.17) is 4.52 Å². The van der Waals surface area contributed by atoms with Gasteiger partial charge in [-0.2, -0.15) is 0 Å². The first-order chi connectivity index (χ1) is 10.5. The Morgan fingerprint density at radius 3 is 2.18 bits per heavy atom. The molecular weight excluding hydrogens is 293 g/mol. The van der Waals surface area contributed by atoms with E-state index in [1.165, 1.54) is 12.3 Å². The molecule has 0 amide bonds. The maximum Gasteiger partial charge on any atom is 0.149 e. The number of halogens is 3. The molecule has 2 heterocycles. The zero-order chi connectivity index (χ0) is 15.9. The summed E-state index contributed by atoms with van der Waals surface area (Å²) in [5.41, 5.74) is 0.474. The van der Waals surface area contributed by atoms with Crippen molar-refractivity contribution in [1.29, 1.82) is 0 Å². The van der Waals surface area contributed by atoms with Crippen molar-refractivity contribution in [3.05, 3.63) is 59.4 Å². The molecule has 0 saturated carbocycles. The van der Waals surface area contributed by atoms with E-state index in [1.54, 1.807) is 13.8 Å². The average molecular weight is 304 g/mol. The third kappa shape index (κ3) is 2.26. The average Bonchev–Trinajstić information content (AvgIpc) is 2.79.